The predicted octanol–water partition coefficient (Wildman–Crippen LogP) is 2.37. The summed E-state index contributed by atoms with van der Waals surface area (Å²) >= 11 is 1.76. The van der Waals surface area contributed by atoms with Crippen LogP contribution in [0, 0.1) is 0 Å². The first-order chi connectivity index (χ1) is 5.57. The van der Waals surface area contributed by atoms with Gasteiger partial charge in [0.25, 0.3) is 6.43 Å². The van der Waals surface area contributed by atoms with Crippen molar-refractivity contribution in [2.24, 2.45) is 0 Å². The maximum absolute atomic E-state index is 12.0. The second-order valence-electron chi connectivity index (χ2n) is 2.91. The standard InChI is InChI=1S/C8H17F2NS/c1-6(12-3)4-5-11-7(2)8(9)10/h6-8,11H,4-5H2,1-3H3. The van der Waals surface area contributed by atoms with E-state index in [1.165, 1.54) is 6.92 Å². The molecule has 2 unspecified atom stereocenters. The molecule has 0 rings (SSSR count). The van der Waals surface area contributed by atoms with Gasteiger partial charge in [0.15, 0.2) is 0 Å². The summed E-state index contributed by atoms with van der Waals surface area (Å²) in [7, 11) is 0. The number of alkyl halides is 2. The molecule has 74 valence electrons. The Morgan fingerprint density at radius 1 is 1.33 bits per heavy atom. The van der Waals surface area contributed by atoms with Crippen LogP contribution < -0.4 is 5.32 Å². The molecule has 4 heteroatoms. The number of nitrogens with one attached hydrogen (secondary N) is 1. The summed E-state index contributed by atoms with van der Waals surface area (Å²) < 4.78 is 23.9. The van der Waals surface area contributed by atoms with Crippen molar-refractivity contribution in [1.29, 1.82) is 0 Å². The minimum atomic E-state index is -2.26. The Balaban J connectivity index is 3.30. The molecule has 0 heterocycles. The van der Waals surface area contributed by atoms with Crippen LogP contribution in [0.3, 0.4) is 0 Å². The summed E-state index contributed by atoms with van der Waals surface area (Å²) in [5, 5.41) is 3.33. The zero-order valence-electron chi connectivity index (χ0n) is 7.81. The number of hydrogen-bond donors (Lipinski definition) is 1. The van der Waals surface area contributed by atoms with Crippen LogP contribution in [0.15, 0.2) is 0 Å². The zero-order valence-corrected chi connectivity index (χ0v) is 8.63. The molecule has 0 aliphatic heterocycles. The molecule has 0 fully saturated rings. The van der Waals surface area contributed by atoms with E-state index in [-0.39, 0.29) is 0 Å². The lowest BCUT2D eigenvalue weighted by Gasteiger charge is -2.14. The number of rotatable bonds is 6. The Labute approximate surface area is 77.3 Å². The van der Waals surface area contributed by atoms with Crippen LogP contribution in [-0.4, -0.2) is 30.5 Å². The van der Waals surface area contributed by atoms with E-state index in [0.29, 0.717) is 11.8 Å². The van der Waals surface area contributed by atoms with Crippen LogP contribution >= 0.6 is 11.8 Å². The van der Waals surface area contributed by atoms with E-state index in [0.717, 1.165) is 6.42 Å². The highest BCUT2D eigenvalue weighted by Gasteiger charge is 2.12. The molecule has 0 aliphatic carbocycles. The van der Waals surface area contributed by atoms with Gasteiger partial charge in [-0.05, 0) is 26.1 Å². The monoisotopic (exact) mass is 197 g/mol. The lowest BCUT2D eigenvalue weighted by Crippen LogP contribution is -2.34. The average Bonchev–Trinajstić information content (AvgIpc) is 2.03. The highest BCUT2D eigenvalue weighted by molar-refractivity contribution is 7.99. The normalized spacial score (nSPS) is 16.5. The van der Waals surface area contributed by atoms with Gasteiger partial charge in [-0.2, -0.15) is 11.8 Å². The van der Waals surface area contributed by atoms with E-state index >= 15 is 0 Å². The summed E-state index contributed by atoms with van der Waals surface area (Å²) in [4.78, 5) is 0. The quantitative estimate of drug-likeness (QED) is 0.701. The van der Waals surface area contributed by atoms with Gasteiger partial charge < -0.3 is 5.32 Å². The lowest BCUT2D eigenvalue weighted by molar-refractivity contribution is 0.106. The Morgan fingerprint density at radius 3 is 2.33 bits per heavy atom. The largest absolute Gasteiger partial charge is 0.309 e. The SMILES string of the molecule is CSC(C)CCNC(C)C(F)F. The molecule has 0 aliphatic rings. The van der Waals surface area contributed by atoms with Crippen LogP contribution in [0.4, 0.5) is 8.78 Å². The second-order valence-corrected chi connectivity index (χ2v) is 4.19. The van der Waals surface area contributed by atoms with Crippen molar-refractivity contribution in [2.45, 2.75) is 38.0 Å². The van der Waals surface area contributed by atoms with Gasteiger partial charge in [-0.25, -0.2) is 8.78 Å². The molecule has 2 atom stereocenters. The van der Waals surface area contributed by atoms with Crippen molar-refractivity contribution in [3.8, 4) is 0 Å². The summed E-state index contributed by atoms with van der Waals surface area (Å²) in [6, 6.07) is -0.681. The Hall–Kier alpha value is 0.170. The van der Waals surface area contributed by atoms with Gasteiger partial charge >= 0.3 is 0 Å². The molecule has 0 aromatic carbocycles. The molecule has 0 radical (unpaired) electrons. The zero-order chi connectivity index (χ0) is 9.56. The Morgan fingerprint density at radius 2 is 1.92 bits per heavy atom. The third-order valence-corrected chi connectivity index (χ3v) is 2.84. The van der Waals surface area contributed by atoms with Gasteiger partial charge in [-0.3, -0.25) is 0 Å². The molecule has 0 saturated carbocycles. The summed E-state index contributed by atoms with van der Waals surface area (Å²) in [6.45, 7) is 4.28. The van der Waals surface area contributed by atoms with Crippen LogP contribution in [0.5, 0.6) is 0 Å². The number of thioether (sulfide) groups is 1. The van der Waals surface area contributed by atoms with E-state index < -0.39 is 12.5 Å². The highest BCUT2D eigenvalue weighted by atomic mass is 32.2. The van der Waals surface area contributed by atoms with E-state index in [1.54, 1.807) is 11.8 Å². The third kappa shape index (κ3) is 5.77. The third-order valence-electron chi connectivity index (χ3n) is 1.80. The summed E-state index contributed by atoms with van der Waals surface area (Å²) in [5.74, 6) is 0. The predicted molar refractivity (Wildman–Crippen MR) is 51.1 cm³/mol. The minimum Gasteiger partial charge on any atom is -0.309 e. The van der Waals surface area contributed by atoms with Crippen LogP contribution in [-0.2, 0) is 0 Å². The molecule has 0 spiro atoms. The Bertz CT molecular complexity index is 111. The molecular weight excluding hydrogens is 180 g/mol. The average molecular weight is 197 g/mol. The van der Waals surface area contributed by atoms with Gasteiger partial charge in [0.05, 0.1) is 6.04 Å². The molecule has 0 saturated heterocycles. The van der Waals surface area contributed by atoms with E-state index in [1.807, 2.05) is 6.26 Å². The van der Waals surface area contributed by atoms with Gasteiger partial charge in [-0.15, -0.1) is 0 Å². The molecular formula is C8H17F2NS. The molecule has 0 aromatic rings. The van der Waals surface area contributed by atoms with Crippen molar-refractivity contribution >= 4 is 11.8 Å². The fourth-order valence-corrected chi connectivity index (χ4v) is 1.07. The van der Waals surface area contributed by atoms with E-state index in [4.69, 9.17) is 0 Å². The van der Waals surface area contributed by atoms with Gasteiger partial charge in [0.2, 0.25) is 0 Å². The van der Waals surface area contributed by atoms with E-state index in [2.05, 4.69) is 12.2 Å². The van der Waals surface area contributed by atoms with Crippen molar-refractivity contribution in [3.63, 3.8) is 0 Å². The van der Waals surface area contributed by atoms with Crippen molar-refractivity contribution in [3.05, 3.63) is 0 Å². The molecule has 0 amide bonds. The second kappa shape index (κ2) is 6.66. The minimum absolute atomic E-state index is 0.544. The molecule has 1 nitrogen and oxygen atoms in total. The smallest absolute Gasteiger partial charge is 0.253 e. The van der Waals surface area contributed by atoms with Gasteiger partial charge in [-0.1, -0.05) is 6.92 Å². The van der Waals surface area contributed by atoms with Crippen LogP contribution in [0.2, 0.25) is 0 Å². The maximum atomic E-state index is 12.0. The van der Waals surface area contributed by atoms with Crippen molar-refractivity contribution in [2.75, 3.05) is 12.8 Å². The fraction of sp³-hybridized carbons (Fsp3) is 1.00. The molecule has 0 aromatic heterocycles. The number of halogens is 2. The first kappa shape index (κ1) is 12.2. The fourth-order valence-electron chi connectivity index (χ4n) is 0.721. The lowest BCUT2D eigenvalue weighted by atomic mass is 10.3. The van der Waals surface area contributed by atoms with Crippen molar-refractivity contribution < 1.29 is 8.78 Å². The van der Waals surface area contributed by atoms with Crippen molar-refractivity contribution in [1.82, 2.24) is 5.32 Å². The first-order valence-corrected chi connectivity index (χ1v) is 5.41. The van der Waals surface area contributed by atoms with Crippen LogP contribution in [0.1, 0.15) is 20.3 Å². The molecule has 0 bridgehead atoms. The molecule has 12 heavy (non-hydrogen) atoms. The van der Waals surface area contributed by atoms with Crippen LogP contribution in [0.25, 0.3) is 0 Å². The number of hydrogen-bond acceptors (Lipinski definition) is 2. The molecule has 1 N–H and O–H groups in total. The van der Waals surface area contributed by atoms with Gasteiger partial charge in [0, 0.05) is 5.25 Å². The highest BCUT2D eigenvalue weighted by Crippen LogP contribution is 2.08. The summed E-state index contributed by atoms with van der Waals surface area (Å²) in [5.41, 5.74) is 0. The topological polar surface area (TPSA) is 12.0 Å². The Kier molecular flexibility index (Phi) is 6.76. The van der Waals surface area contributed by atoms with Gasteiger partial charge in [0.1, 0.15) is 0 Å². The first-order valence-electron chi connectivity index (χ1n) is 4.12. The van der Waals surface area contributed by atoms with E-state index in [9.17, 15) is 8.78 Å². The summed E-state index contributed by atoms with van der Waals surface area (Å²) in [6.07, 6.45) is 0.717. The maximum Gasteiger partial charge on any atom is 0.253 e.